The fourth-order valence-electron chi connectivity index (χ4n) is 2.62. The minimum absolute atomic E-state index is 0.282. The van der Waals surface area contributed by atoms with Crippen LogP contribution >= 0.6 is 0 Å². The predicted molar refractivity (Wildman–Crippen MR) is 108 cm³/mol. The number of anilines is 2. The monoisotopic (exact) mass is 376 g/mol. The van der Waals surface area contributed by atoms with E-state index in [-0.39, 0.29) is 22.9 Å². The van der Waals surface area contributed by atoms with E-state index in [0.29, 0.717) is 22.9 Å². The van der Waals surface area contributed by atoms with Crippen molar-refractivity contribution in [2.75, 3.05) is 24.9 Å². The van der Waals surface area contributed by atoms with Crippen LogP contribution in [0.1, 0.15) is 20.7 Å². The van der Waals surface area contributed by atoms with Crippen LogP contribution in [0.3, 0.4) is 0 Å². The molecule has 0 saturated heterocycles. The number of hydrogen-bond acceptors (Lipinski definition) is 4. The van der Waals surface area contributed by atoms with Gasteiger partial charge in [0.05, 0.1) is 25.3 Å². The van der Waals surface area contributed by atoms with Crippen molar-refractivity contribution in [3.05, 3.63) is 83.9 Å². The lowest BCUT2D eigenvalue weighted by Crippen LogP contribution is -2.20. The Kier molecular flexibility index (Phi) is 5.91. The number of benzene rings is 3. The second-order valence-electron chi connectivity index (χ2n) is 5.91. The Bertz CT molecular complexity index is 886. The summed E-state index contributed by atoms with van der Waals surface area (Å²) in [4.78, 5) is 25.4. The third-order valence-corrected chi connectivity index (χ3v) is 4.11. The van der Waals surface area contributed by atoms with Crippen LogP contribution in [0.4, 0.5) is 11.4 Å². The van der Waals surface area contributed by atoms with E-state index >= 15 is 0 Å². The number of ether oxygens (including phenoxy) is 2. The van der Waals surface area contributed by atoms with E-state index in [1.165, 1.54) is 0 Å². The van der Waals surface area contributed by atoms with E-state index in [1.54, 1.807) is 87.0 Å². The molecule has 0 aliphatic rings. The third-order valence-electron chi connectivity index (χ3n) is 4.11. The zero-order valence-corrected chi connectivity index (χ0v) is 15.6. The minimum atomic E-state index is -0.370. The first-order valence-corrected chi connectivity index (χ1v) is 8.60. The minimum Gasteiger partial charge on any atom is -0.497 e. The SMILES string of the molecule is COc1ccc(NC(=O)c2ccccc2C(=O)Nc2ccc(OC)cc2)cc1. The summed E-state index contributed by atoms with van der Waals surface area (Å²) >= 11 is 0. The first-order chi connectivity index (χ1) is 13.6. The van der Waals surface area contributed by atoms with Gasteiger partial charge in [-0.25, -0.2) is 0 Å². The Morgan fingerprint density at radius 1 is 0.607 bits per heavy atom. The number of nitrogens with one attached hydrogen (secondary N) is 2. The van der Waals surface area contributed by atoms with Gasteiger partial charge in [-0.3, -0.25) is 9.59 Å². The van der Waals surface area contributed by atoms with Gasteiger partial charge < -0.3 is 20.1 Å². The van der Waals surface area contributed by atoms with Crippen molar-refractivity contribution in [3.63, 3.8) is 0 Å². The summed E-state index contributed by atoms with van der Waals surface area (Å²) in [6.07, 6.45) is 0. The van der Waals surface area contributed by atoms with Crippen molar-refractivity contribution in [3.8, 4) is 11.5 Å². The molecule has 0 atom stereocenters. The molecule has 0 unspecified atom stereocenters. The molecule has 6 heteroatoms. The maximum atomic E-state index is 12.7. The summed E-state index contributed by atoms with van der Waals surface area (Å²) < 4.78 is 10.2. The fraction of sp³-hybridized carbons (Fsp3) is 0.0909. The second kappa shape index (κ2) is 8.73. The number of carbonyl (C=O) groups excluding carboxylic acids is 2. The molecule has 3 aromatic carbocycles. The average Bonchev–Trinajstić information content (AvgIpc) is 2.74. The molecule has 0 heterocycles. The quantitative estimate of drug-likeness (QED) is 0.676. The zero-order chi connectivity index (χ0) is 19.9. The molecular formula is C22H20N2O4. The highest BCUT2D eigenvalue weighted by Crippen LogP contribution is 2.19. The molecule has 0 fully saturated rings. The topological polar surface area (TPSA) is 76.7 Å². The van der Waals surface area contributed by atoms with Crippen molar-refractivity contribution in [1.29, 1.82) is 0 Å². The van der Waals surface area contributed by atoms with Gasteiger partial charge in [0, 0.05) is 11.4 Å². The van der Waals surface area contributed by atoms with E-state index in [2.05, 4.69) is 10.6 Å². The average molecular weight is 376 g/mol. The number of rotatable bonds is 6. The second-order valence-corrected chi connectivity index (χ2v) is 5.91. The van der Waals surface area contributed by atoms with Crippen LogP contribution < -0.4 is 20.1 Å². The van der Waals surface area contributed by atoms with E-state index < -0.39 is 0 Å². The van der Waals surface area contributed by atoms with Gasteiger partial charge in [0.2, 0.25) is 0 Å². The summed E-state index contributed by atoms with van der Waals surface area (Å²) in [6.45, 7) is 0. The lowest BCUT2D eigenvalue weighted by Gasteiger charge is -2.11. The smallest absolute Gasteiger partial charge is 0.256 e. The van der Waals surface area contributed by atoms with Gasteiger partial charge in [0.15, 0.2) is 0 Å². The molecule has 142 valence electrons. The summed E-state index contributed by atoms with van der Waals surface area (Å²) in [5.74, 6) is 0.644. The lowest BCUT2D eigenvalue weighted by atomic mass is 10.1. The fourth-order valence-corrected chi connectivity index (χ4v) is 2.62. The molecule has 0 aliphatic carbocycles. The van der Waals surface area contributed by atoms with Gasteiger partial charge in [0.25, 0.3) is 11.8 Å². The van der Waals surface area contributed by atoms with Crippen molar-refractivity contribution >= 4 is 23.2 Å². The predicted octanol–water partition coefficient (Wildman–Crippen LogP) is 4.21. The Labute approximate surface area is 163 Å². The molecule has 28 heavy (non-hydrogen) atoms. The third kappa shape index (κ3) is 4.48. The number of amides is 2. The molecule has 0 aromatic heterocycles. The number of methoxy groups -OCH3 is 2. The largest absolute Gasteiger partial charge is 0.497 e. The molecule has 0 bridgehead atoms. The Hall–Kier alpha value is -3.80. The molecule has 0 radical (unpaired) electrons. The van der Waals surface area contributed by atoms with Gasteiger partial charge in [-0.1, -0.05) is 12.1 Å². The lowest BCUT2D eigenvalue weighted by molar-refractivity contribution is 0.0990. The summed E-state index contributed by atoms with van der Waals surface area (Å²) in [5.41, 5.74) is 1.78. The summed E-state index contributed by atoms with van der Waals surface area (Å²) in [6, 6.07) is 20.6. The van der Waals surface area contributed by atoms with E-state index in [9.17, 15) is 9.59 Å². The van der Waals surface area contributed by atoms with E-state index in [4.69, 9.17) is 9.47 Å². The van der Waals surface area contributed by atoms with Crippen LogP contribution in [0.25, 0.3) is 0 Å². The molecule has 6 nitrogen and oxygen atoms in total. The Morgan fingerprint density at radius 2 is 0.964 bits per heavy atom. The van der Waals surface area contributed by atoms with Gasteiger partial charge >= 0.3 is 0 Å². The van der Waals surface area contributed by atoms with Crippen molar-refractivity contribution < 1.29 is 19.1 Å². The first kappa shape index (κ1) is 19.0. The molecule has 0 spiro atoms. The highest BCUT2D eigenvalue weighted by molar-refractivity contribution is 6.15. The standard InChI is InChI=1S/C22H20N2O4/c1-27-17-11-7-15(8-12-17)23-21(25)19-5-3-4-6-20(19)22(26)24-16-9-13-18(28-2)14-10-16/h3-14H,1-2H3,(H,23,25)(H,24,26). The van der Waals surface area contributed by atoms with Crippen molar-refractivity contribution in [2.24, 2.45) is 0 Å². The number of carbonyl (C=O) groups is 2. The summed E-state index contributed by atoms with van der Waals surface area (Å²) in [5, 5.41) is 5.59. The van der Waals surface area contributed by atoms with Gasteiger partial charge in [-0.2, -0.15) is 0 Å². The van der Waals surface area contributed by atoms with Crippen molar-refractivity contribution in [2.45, 2.75) is 0 Å². The first-order valence-electron chi connectivity index (χ1n) is 8.60. The maximum Gasteiger partial charge on any atom is 0.256 e. The highest BCUT2D eigenvalue weighted by atomic mass is 16.5. The van der Waals surface area contributed by atoms with Crippen LogP contribution in [0.2, 0.25) is 0 Å². The molecule has 0 aliphatic heterocycles. The Morgan fingerprint density at radius 3 is 1.29 bits per heavy atom. The molecule has 3 rings (SSSR count). The van der Waals surface area contributed by atoms with Gasteiger partial charge in [0.1, 0.15) is 11.5 Å². The molecule has 3 aromatic rings. The van der Waals surface area contributed by atoms with E-state index in [0.717, 1.165) is 0 Å². The molecule has 0 saturated carbocycles. The molecule has 2 amide bonds. The van der Waals surface area contributed by atoms with Gasteiger partial charge in [-0.05, 0) is 60.7 Å². The maximum absolute atomic E-state index is 12.7. The molecule has 2 N–H and O–H groups in total. The van der Waals surface area contributed by atoms with Crippen LogP contribution in [0, 0.1) is 0 Å². The van der Waals surface area contributed by atoms with Crippen LogP contribution in [0.15, 0.2) is 72.8 Å². The Balaban J connectivity index is 1.76. The normalized spacial score (nSPS) is 10.1. The van der Waals surface area contributed by atoms with E-state index in [1.807, 2.05) is 0 Å². The highest BCUT2D eigenvalue weighted by Gasteiger charge is 2.17. The zero-order valence-electron chi connectivity index (χ0n) is 15.6. The van der Waals surface area contributed by atoms with Crippen LogP contribution in [-0.2, 0) is 0 Å². The summed E-state index contributed by atoms with van der Waals surface area (Å²) in [7, 11) is 3.15. The van der Waals surface area contributed by atoms with Crippen molar-refractivity contribution in [1.82, 2.24) is 0 Å². The van der Waals surface area contributed by atoms with Crippen LogP contribution in [0.5, 0.6) is 11.5 Å². The van der Waals surface area contributed by atoms with Crippen LogP contribution in [-0.4, -0.2) is 26.0 Å². The van der Waals surface area contributed by atoms with Gasteiger partial charge in [-0.15, -0.1) is 0 Å². The molecular weight excluding hydrogens is 356 g/mol. The number of hydrogen-bond donors (Lipinski definition) is 2.